The highest BCUT2D eigenvalue weighted by Gasteiger charge is 2.22. The third-order valence-corrected chi connectivity index (χ3v) is 5.73. The molecule has 1 heterocycles. The quantitative estimate of drug-likeness (QED) is 0.269. The molecular formula is C26H27NO. The highest BCUT2D eigenvalue weighted by atomic mass is 16.1. The first-order valence-corrected chi connectivity index (χ1v) is 10.2. The van der Waals surface area contributed by atoms with Crippen LogP contribution in [0.4, 0.5) is 0 Å². The third-order valence-electron chi connectivity index (χ3n) is 5.73. The van der Waals surface area contributed by atoms with Crippen molar-refractivity contribution in [2.75, 3.05) is 0 Å². The monoisotopic (exact) mass is 369 g/mol. The lowest BCUT2D eigenvalue weighted by atomic mass is 9.95. The number of fused-ring (bicyclic) bond motifs is 2. The van der Waals surface area contributed by atoms with Crippen LogP contribution in [0.25, 0.3) is 21.7 Å². The van der Waals surface area contributed by atoms with Gasteiger partial charge in [-0.15, -0.1) is 0 Å². The Labute approximate surface area is 166 Å². The summed E-state index contributed by atoms with van der Waals surface area (Å²) in [6.45, 7) is 7.35. The van der Waals surface area contributed by atoms with Crippen LogP contribution in [0.5, 0.6) is 0 Å². The van der Waals surface area contributed by atoms with Crippen molar-refractivity contribution in [1.82, 2.24) is 4.57 Å². The first-order chi connectivity index (χ1) is 13.6. The van der Waals surface area contributed by atoms with Crippen LogP contribution in [0.3, 0.4) is 0 Å². The number of para-hydroxylation sites is 1. The summed E-state index contributed by atoms with van der Waals surface area (Å²) in [6.07, 6.45) is 3.54. The van der Waals surface area contributed by atoms with Crippen molar-refractivity contribution in [1.29, 1.82) is 0 Å². The van der Waals surface area contributed by atoms with Gasteiger partial charge in [0, 0.05) is 28.7 Å². The number of nitrogens with zero attached hydrogens (tertiary/aromatic N) is 1. The standard InChI is InChI=1S/C26H27NO/c1-4-5-8-16-27-19(3)25(22-11-6-7-13-24(22)27)26(28)21-12-9-10-20-15-14-18(2)17-23(20)21/h6-7,9-15,17H,4-5,8,16H2,1-3H3. The van der Waals surface area contributed by atoms with E-state index in [9.17, 15) is 4.79 Å². The van der Waals surface area contributed by atoms with Gasteiger partial charge in [0.1, 0.15) is 0 Å². The van der Waals surface area contributed by atoms with Gasteiger partial charge in [0.25, 0.3) is 0 Å². The number of unbranched alkanes of at least 4 members (excludes halogenated alkanes) is 2. The van der Waals surface area contributed by atoms with Crippen molar-refractivity contribution in [3.8, 4) is 0 Å². The molecule has 3 aromatic carbocycles. The van der Waals surface area contributed by atoms with Crippen molar-refractivity contribution >= 4 is 27.5 Å². The fourth-order valence-electron chi connectivity index (χ4n) is 4.24. The van der Waals surface area contributed by atoms with E-state index in [0.29, 0.717) is 0 Å². The van der Waals surface area contributed by atoms with Crippen molar-refractivity contribution in [3.05, 3.63) is 83.0 Å². The van der Waals surface area contributed by atoms with Gasteiger partial charge in [0.15, 0.2) is 5.78 Å². The highest BCUT2D eigenvalue weighted by Crippen LogP contribution is 2.31. The number of ketones is 1. The number of hydrogen-bond donors (Lipinski definition) is 0. The summed E-state index contributed by atoms with van der Waals surface area (Å²) in [4.78, 5) is 13.7. The van der Waals surface area contributed by atoms with E-state index in [0.717, 1.165) is 51.5 Å². The fourth-order valence-corrected chi connectivity index (χ4v) is 4.24. The Kier molecular flexibility index (Phi) is 5.04. The Morgan fingerprint density at radius 3 is 2.54 bits per heavy atom. The van der Waals surface area contributed by atoms with E-state index in [-0.39, 0.29) is 5.78 Å². The molecule has 2 nitrogen and oxygen atoms in total. The molecule has 1 aromatic heterocycles. The Hall–Kier alpha value is -2.87. The molecular weight excluding hydrogens is 342 g/mol. The molecule has 0 spiro atoms. The molecule has 4 aromatic rings. The Bertz CT molecular complexity index is 1170. The predicted octanol–water partition coefficient (Wildman–Crippen LogP) is 6.83. The van der Waals surface area contributed by atoms with Crippen LogP contribution in [-0.4, -0.2) is 10.4 Å². The van der Waals surface area contributed by atoms with Crippen LogP contribution in [-0.2, 0) is 6.54 Å². The Morgan fingerprint density at radius 2 is 1.71 bits per heavy atom. The van der Waals surface area contributed by atoms with E-state index < -0.39 is 0 Å². The molecule has 0 saturated carbocycles. The second kappa shape index (κ2) is 7.63. The molecule has 0 N–H and O–H groups in total. The lowest BCUT2D eigenvalue weighted by molar-refractivity contribution is 0.104. The van der Waals surface area contributed by atoms with Gasteiger partial charge >= 0.3 is 0 Å². The molecule has 0 aliphatic carbocycles. The maximum absolute atomic E-state index is 13.7. The molecule has 0 aliphatic rings. The average Bonchev–Trinajstić information content (AvgIpc) is 2.99. The van der Waals surface area contributed by atoms with Crippen molar-refractivity contribution in [2.24, 2.45) is 0 Å². The molecule has 2 heteroatoms. The lowest BCUT2D eigenvalue weighted by Crippen LogP contribution is -2.06. The number of aromatic nitrogens is 1. The zero-order chi connectivity index (χ0) is 19.7. The minimum atomic E-state index is 0.124. The molecule has 0 unspecified atom stereocenters. The van der Waals surface area contributed by atoms with Gasteiger partial charge < -0.3 is 4.57 Å². The molecule has 0 bridgehead atoms. The fraction of sp³-hybridized carbons (Fsp3) is 0.269. The topological polar surface area (TPSA) is 22.0 Å². The number of carbonyl (C=O) groups is 1. The molecule has 4 rings (SSSR count). The molecule has 0 amide bonds. The van der Waals surface area contributed by atoms with Crippen LogP contribution in [0.2, 0.25) is 0 Å². The maximum Gasteiger partial charge on any atom is 0.196 e. The van der Waals surface area contributed by atoms with Gasteiger partial charge in [-0.1, -0.05) is 79.9 Å². The number of aryl methyl sites for hydroxylation is 2. The third kappa shape index (κ3) is 3.13. The van der Waals surface area contributed by atoms with Gasteiger partial charge in [0.2, 0.25) is 0 Å². The number of rotatable bonds is 6. The van der Waals surface area contributed by atoms with Crippen molar-refractivity contribution in [3.63, 3.8) is 0 Å². The van der Waals surface area contributed by atoms with E-state index in [2.05, 4.69) is 67.8 Å². The van der Waals surface area contributed by atoms with Gasteiger partial charge in [0.05, 0.1) is 5.56 Å². The van der Waals surface area contributed by atoms with Gasteiger partial charge in [-0.25, -0.2) is 0 Å². The van der Waals surface area contributed by atoms with E-state index >= 15 is 0 Å². The number of hydrogen-bond acceptors (Lipinski definition) is 1. The first-order valence-electron chi connectivity index (χ1n) is 10.2. The van der Waals surface area contributed by atoms with Crippen LogP contribution >= 0.6 is 0 Å². The second-order valence-corrected chi connectivity index (χ2v) is 7.70. The molecule has 0 aliphatic heterocycles. The van der Waals surface area contributed by atoms with Gasteiger partial charge in [-0.2, -0.15) is 0 Å². The van der Waals surface area contributed by atoms with E-state index in [1.807, 2.05) is 18.2 Å². The summed E-state index contributed by atoms with van der Waals surface area (Å²) in [5.74, 6) is 0.124. The summed E-state index contributed by atoms with van der Waals surface area (Å²) in [5.41, 5.74) is 5.05. The van der Waals surface area contributed by atoms with Crippen molar-refractivity contribution < 1.29 is 4.79 Å². The SMILES string of the molecule is CCCCCn1c(C)c(C(=O)c2cccc3ccc(C)cc23)c2ccccc21. The molecule has 0 saturated heterocycles. The summed E-state index contributed by atoms with van der Waals surface area (Å²) < 4.78 is 2.33. The molecule has 142 valence electrons. The first kappa shape index (κ1) is 18.5. The van der Waals surface area contributed by atoms with Gasteiger partial charge in [-0.05, 0) is 37.1 Å². The molecule has 28 heavy (non-hydrogen) atoms. The molecule has 0 atom stereocenters. The maximum atomic E-state index is 13.7. The second-order valence-electron chi connectivity index (χ2n) is 7.70. The van der Waals surface area contributed by atoms with Crippen LogP contribution < -0.4 is 0 Å². The number of carbonyl (C=O) groups excluding carboxylic acids is 1. The van der Waals surface area contributed by atoms with E-state index in [4.69, 9.17) is 0 Å². The highest BCUT2D eigenvalue weighted by molar-refractivity contribution is 6.22. The largest absolute Gasteiger partial charge is 0.344 e. The summed E-state index contributed by atoms with van der Waals surface area (Å²) in [5, 5.41) is 3.21. The van der Waals surface area contributed by atoms with Gasteiger partial charge in [-0.3, -0.25) is 4.79 Å². The summed E-state index contributed by atoms with van der Waals surface area (Å²) in [7, 11) is 0. The van der Waals surface area contributed by atoms with E-state index in [1.54, 1.807) is 0 Å². The Balaban J connectivity index is 1.89. The normalized spacial score (nSPS) is 11.4. The number of benzene rings is 3. The lowest BCUT2D eigenvalue weighted by Gasteiger charge is -2.09. The summed E-state index contributed by atoms with van der Waals surface area (Å²) in [6, 6.07) is 20.7. The Morgan fingerprint density at radius 1 is 0.893 bits per heavy atom. The average molecular weight is 370 g/mol. The smallest absolute Gasteiger partial charge is 0.196 e. The van der Waals surface area contributed by atoms with Crippen LogP contribution in [0, 0.1) is 13.8 Å². The molecule has 0 fully saturated rings. The summed E-state index contributed by atoms with van der Waals surface area (Å²) >= 11 is 0. The van der Waals surface area contributed by atoms with Crippen LogP contribution in [0.15, 0.2) is 60.7 Å². The van der Waals surface area contributed by atoms with E-state index in [1.165, 1.54) is 18.4 Å². The predicted molar refractivity (Wildman–Crippen MR) is 118 cm³/mol. The molecule has 0 radical (unpaired) electrons. The minimum Gasteiger partial charge on any atom is -0.344 e. The van der Waals surface area contributed by atoms with Crippen molar-refractivity contribution in [2.45, 2.75) is 46.6 Å². The zero-order valence-corrected chi connectivity index (χ0v) is 17.0. The minimum absolute atomic E-state index is 0.124. The zero-order valence-electron chi connectivity index (χ0n) is 17.0. The van der Waals surface area contributed by atoms with Crippen LogP contribution in [0.1, 0.15) is 53.4 Å².